The molecule has 0 fully saturated rings. The molecule has 2 aliphatic rings. The van der Waals surface area contributed by atoms with Crippen LogP contribution in [0.1, 0.15) is 24.5 Å². The fourth-order valence-corrected chi connectivity index (χ4v) is 3.67. The molecule has 1 aromatic heterocycles. The monoisotopic (exact) mass is 405 g/mol. The Kier molecular flexibility index (Phi) is 5.09. The van der Waals surface area contributed by atoms with Crippen LogP contribution in [-0.2, 0) is 11.2 Å². The zero-order valence-electron chi connectivity index (χ0n) is 16.8. The fourth-order valence-electron chi connectivity index (χ4n) is 3.67. The SMILES string of the molecule is CNC1(C)Oc2ncnc(N)c2N=C1C1C=CC(c2ccc(CC(=O)O)cc2)=CC1. The molecule has 0 saturated heterocycles. The van der Waals surface area contributed by atoms with Gasteiger partial charge < -0.3 is 15.6 Å². The number of hydrogen-bond acceptors (Lipinski definition) is 7. The van der Waals surface area contributed by atoms with Gasteiger partial charge in [-0.15, -0.1) is 0 Å². The summed E-state index contributed by atoms with van der Waals surface area (Å²) < 4.78 is 6.10. The lowest BCUT2D eigenvalue weighted by molar-refractivity contribution is -0.136. The number of carboxylic acids is 1. The number of nitrogens with one attached hydrogen (secondary N) is 1. The highest BCUT2D eigenvalue weighted by Gasteiger charge is 2.40. The standard InChI is InChI=1S/C22H23N5O3/c1-22(24-2)19(27-18-20(23)25-12-26-21(18)30-22)16-9-7-15(8-10-16)14-5-3-13(4-6-14)11-17(28)29/h3-9,12,16,24H,10-11H2,1-2H3,(H,28,29)(H2,23,25,26). The van der Waals surface area contributed by atoms with Crippen molar-refractivity contribution in [2.24, 2.45) is 10.9 Å². The van der Waals surface area contributed by atoms with E-state index in [0.717, 1.165) is 28.8 Å². The molecule has 4 rings (SSSR count). The van der Waals surface area contributed by atoms with Crippen LogP contribution in [0, 0.1) is 5.92 Å². The maximum atomic E-state index is 10.9. The molecule has 0 amide bonds. The summed E-state index contributed by atoms with van der Waals surface area (Å²) in [6, 6.07) is 7.59. The van der Waals surface area contributed by atoms with Crippen LogP contribution >= 0.6 is 0 Å². The molecule has 0 saturated carbocycles. The minimum atomic E-state index is -0.835. The van der Waals surface area contributed by atoms with Crippen LogP contribution in [0.15, 0.2) is 53.8 Å². The lowest BCUT2D eigenvalue weighted by Crippen LogP contribution is -2.56. The summed E-state index contributed by atoms with van der Waals surface area (Å²) in [4.78, 5) is 23.8. The van der Waals surface area contributed by atoms with Crippen LogP contribution in [0.5, 0.6) is 5.88 Å². The molecule has 4 N–H and O–H groups in total. The highest BCUT2D eigenvalue weighted by atomic mass is 16.5. The maximum absolute atomic E-state index is 10.9. The second-order valence-electron chi connectivity index (χ2n) is 7.42. The molecule has 2 unspecified atom stereocenters. The van der Waals surface area contributed by atoms with Crippen LogP contribution in [0.25, 0.3) is 5.57 Å². The number of nitrogens with two attached hydrogens (primary N) is 1. The molecule has 1 aliphatic carbocycles. The zero-order chi connectivity index (χ0) is 21.3. The molecular formula is C22H23N5O3. The van der Waals surface area contributed by atoms with Crippen molar-refractivity contribution >= 4 is 28.8 Å². The van der Waals surface area contributed by atoms with E-state index in [2.05, 4.69) is 33.5 Å². The number of anilines is 1. The van der Waals surface area contributed by atoms with E-state index in [1.54, 1.807) is 0 Å². The molecule has 8 heteroatoms. The summed E-state index contributed by atoms with van der Waals surface area (Å²) >= 11 is 0. The molecule has 2 aromatic rings. The average molecular weight is 405 g/mol. The van der Waals surface area contributed by atoms with Gasteiger partial charge in [-0.3, -0.25) is 10.1 Å². The number of aromatic nitrogens is 2. The van der Waals surface area contributed by atoms with Gasteiger partial charge in [-0.05, 0) is 37.1 Å². The van der Waals surface area contributed by atoms with Gasteiger partial charge in [-0.1, -0.05) is 42.5 Å². The number of ether oxygens (including phenoxy) is 1. The van der Waals surface area contributed by atoms with Crippen molar-refractivity contribution < 1.29 is 14.6 Å². The summed E-state index contributed by atoms with van der Waals surface area (Å²) in [6.07, 6.45) is 8.43. The van der Waals surface area contributed by atoms with Gasteiger partial charge in [-0.2, -0.15) is 4.98 Å². The van der Waals surface area contributed by atoms with Gasteiger partial charge in [0.15, 0.2) is 17.2 Å². The highest BCUT2D eigenvalue weighted by molar-refractivity contribution is 6.00. The smallest absolute Gasteiger partial charge is 0.307 e. The number of benzene rings is 1. The van der Waals surface area contributed by atoms with E-state index in [4.69, 9.17) is 20.6 Å². The predicted octanol–water partition coefficient (Wildman–Crippen LogP) is 2.75. The quantitative estimate of drug-likeness (QED) is 0.699. The summed E-state index contributed by atoms with van der Waals surface area (Å²) in [5.74, 6) is -0.169. The van der Waals surface area contributed by atoms with Gasteiger partial charge in [-0.25, -0.2) is 9.98 Å². The first-order valence-electron chi connectivity index (χ1n) is 9.66. The molecule has 2 atom stereocenters. The van der Waals surface area contributed by atoms with Crippen molar-refractivity contribution in [2.45, 2.75) is 25.5 Å². The Balaban J connectivity index is 1.58. The third-order valence-electron chi connectivity index (χ3n) is 5.41. The number of aliphatic carboxylic acids is 1. The highest BCUT2D eigenvalue weighted by Crippen LogP contribution is 2.39. The van der Waals surface area contributed by atoms with Gasteiger partial charge in [0, 0.05) is 5.92 Å². The minimum Gasteiger partial charge on any atom is -0.481 e. The number of nitrogen functional groups attached to an aromatic ring is 1. The van der Waals surface area contributed by atoms with Gasteiger partial charge >= 0.3 is 5.97 Å². The van der Waals surface area contributed by atoms with Gasteiger partial charge in [0.1, 0.15) is 6.33 Å². The molecule has 0 bridgehead atoms. The second kappa shape index (κ2) is 7.72. The van der Waals surface area contributed by atoms with Crippen LogP contribution in [0.3, 0.4) is 0 Å². The van der Waals surface area contributed by atoms with E-state index >= 15 is 0 Å². The van der Waals surface area contributed by atoms with Crippen molar-refractivity contribution in [3.05, 3.63) is 59.9 Å². The Labute approximate surface area is 174 Å². The lowest BCUT2D eigenvalue weighted by atomic mass is 9.85. The predicted molar refractivity (Wildman–Crippen MR) is 115 cm³/mol. The molecule has 0 spiro atoms. The minimum absolute atomic E-state index is 0.0187. The number of hydrogen-bond donors (Lipinski definition) is 3. The fraction of sp³-hybridized carbons (Fsp3) is 0.273. The number of rotatable bonds is 5. The van der Waals surface area contributed by atoms with E-state index < -0.39 is 11.7 Å². The Morgan fingerprint density at radius 1 is 1.33 bits per heavy atom. The molecule has 1 aliphatic heterocycles. The van der Waals surface area contributed by atoms with Gasteiger partial charge in [0.05, 0.1) is 12.1 Å². The topological polar surface area (TPSA) is 123 Å². The van der Waals surface area contributed by atoms with Crippen LogP contribution < -0.4 is 15.8 Å². The van der Waals surface area contributed by atoms with Crippen molar-refractivity contribution in [3.8, 4) is 5.88 Å². The number of aliphatic imine (C=N–C) groups is 1. The van der Waals surface area contributed by atoms with Crippen LogP contribution in [-0.4, -0.2) is 39.5 Å². The first-order chi connectivity index (χ1) is 14.4. The number of allylic oxidation sites excluding steroid dienone is 4. The van der Waals surface area contributed by atoms with Crippen molar-refractivity contribution in [3.63, 3.8) is 0 Å². The third kappa shape index (κ3) is 3.69. The van der Waals surface area contributed by atoms with Gasteiger partial charge in [0.2, 0.25) is 5.88 Å². The molecule has 154 valence electrons. The number of carboxylic acid groups (broad SMARTS) is 1. The third-order valence-corrected chi connectivity index (χ3v) is 5.41. The number of nitrogens with zero attached hydrogens (tertiary/aromatic N) is 3. The van der Waals surface area contributed by atoms with E-state index in [-0.39, 0.29) is 18.2 Å². The maximum Gasteiger partial charge on any atom is 0.307 e. The first-order valence-corrected chi connectivity index (χ1v) is 9.66. The molecule has 1 aromatic carbocycles. The van der Waals surface area contributed by atoms with Crippen LogP contribution in [0.4, 0.5) is 11.5 Å². The Morgan fingerprint density at radius 3 is 2.73 bits per heavy atom. The van der Waals surface area contributed by atoms with E-state index in [0.29, 0.717) is 11.6 Å². The van der Waals surface area contributed by atoms with Crippen molar-refractivity contribution in [1.29, 1.82) is 0 Å². The molecular weight excluding hydrogens is 382 g/mol. The zero-order valence-corrected chi connectivity index (χ0v) is 16.8. The summed E-state index contributed by atoms with van der Waals surface area (Å²) in [7, 11) is 1.82. The molecule has 0 radical (unpaired) electrons. The Hall–Kier alpha value is -3.52. The molecule has 8 nitrogen and oxygen atoms in total. The largest absolute Gasteiger partial charge is 0.481 e. The molecule has 30 heavy (non-hydrogen) atoms. The van der Waals surface area contributed by atoms with E-state index in [1.165, 1.54) is 6.33 Å². The second-order valence-corrected chi connectivity index (χ2v) is 7.42. The summed E-state index contributed by atoms with van der Waals surface area (Å²) in [5, 5.41) is 12.1. The average Bonchev–Trinajstić information content (AvgIpc) is 2.74. The van der Waals surface area contributed by atoms with E-state index in [1.807, 2.05) is 38.2 Å². The van der Waals surface area contributed by atoms with E-state index in [9.17, 15) is 4.79 Å². The first kappa shape index (κ1) is 19.8. The number of fused-ring (bicyclic) bond motifs is 1. The number of carbonyl (C=O) groups is 1. The molecule has 2 heterocycles. The van der Waals surface area contributed by atoms with Crippen LogP contribution in [0.2, 0.25) is 0 Å². The van der Waals surface area contributed by atoms with Crippen molar-refractivity contribution in [1.82, 2.24) is 15.3 Å². The van der Waals surface area contributed by atoms with Gasteiger partial charge in [0.25, 0.3) is 0 Å². The summed E-state index contributed by atoms with van der Waals surface area (Å²) in [6.45, 7) is 1.92. The summed E-state index contributed by atoms with van der Waals surface area (Å²) in [5.41, 5.74) is 9.33. The lowest BCUT2D eigenvalue weighted by Gasteiger charge is -2.37. The Bertz CT molecular complexity index is 1070. The normalized spacial score (nSPS) is 22.5. The van der Waals surface area contributed by atoms with Crippen molar-refractivity contribution in [2.75, 3.05) is 12.8 Å². The Morgan fingerprint density at radius 2 is 2.10 bits per heavy atom.